The molecule has 0 aliphatic heterocycles. The highest BCUT2D eigenvalue weighted by Crippen LogP contribution is 2.28. The minimum Gasteiger partial charge on any atom is -0.301 e. The fourth-order valence-corrected chi connectivity index (χ4v) is 1.82. The molecular weight excluding hydrogens is 264 g/mol. The van der Waals surface area contributed by atoms with Crippen molar-refractivity contribution >= 4 is 23.2 Å². The normalized spacial score (nSPS) is 13.1. The van der Waals surface area contributed by atoms with Crippen LogP contribution in [0.2, 0.25) is 10.0 Å². The number of benzene rings is 1. The molecule has 5 heteroatoms. The molecule has 2 nitrogen and oxygen atoms in total. The van der Waals surface area contributed by atoms with Crippen molar-refractivity contribution in [2.45, 2.75) is 26.8 Å². The lowest BCUT2D eigenvalue weighted by Crippen LogP contribution is -2.22. The van der Waals surface area contributed by atoms with Crippen LogP contribution in [0.25, 0.3) is 0 Å². The van der Waals surface area contributed by atoms with Crippen LogP contribution in [0.15, 0.2) is 12.1 Å². The van der Waals surface area contributed by atoms with E-state index >= 15 is 0 Å². The third kappa shape index (κ3) is 4.43. The van der Waals surface area contributed by atoms with Gasteiger partial charge in [-0.15, -0.1) is 0 Å². The summed E-state index contributed by atoms with van der Waals surface area (Å²) in [5, 5.41) is 0.443. The van der Waals surface area contributed by atoms with E-state index in [-0.39, 0.29) is 11.1 Å². The monoisotopic (exact) mass is 279 g/mol. The lowest BCUT2D eigenvalue weighted by molar-refractivity contribution is 0.00406. The molecule has 96 valence electrons. The molecule has 17 heavy (non-hydrogen) atoms. The van der Waals surface area contributed by atoms with Crippen molar-refractivity contribution in [2.75, 3.05) is 6.61 Å². The van der Waals surface area contributed by atoms with E-state index in [0.29, 0.717) is 23.1 Å². The second-order valence-corrected chi connectivity index (χ2v) is 5.15. The van der Waals surface area contributed by atoms with Crippen molar-refractivity contribution in [3.63, 3.8) is 0 Å². The molecule has 0 spiro atoms. The Kier molecular flexibility index (Phi) is 5.67. The van der Waals surface area contributed by atoms with Gasteiger partial charge in [0.1, 0.15) is 5.82 Å². The molecule has 0 saturated heterocycles. The zero-order valence-electron chi connectivity index (χ0n) is 10.1. The molecule has 0 saturated carbocycles. The molecule has 1 atom stereocenters. The third-order valence-electron chi connectivity index (χ3n) is 2.18. The SMILES string of the molecule is CC(C)CONC(C)c1cc(F)c(Cl)cc1Cl. The summed E-state index contributed by atoms with van der Waals surface area (Å²) in [6.07, 6.45) is 0. The lowest BCUT2D eigenvalue weighted by Gasteiger charge is -2.16. The smallest absolute Gasteiger partial charge is 0.142 e. The topological polar surface area (TPSA) is 21.3 Å². The minimum atomic E-state index is -0.483. The highest BCUT2D eigenvalue weighted by Gasteiger charge is 2.13. The van der Waals surface area contributed by atoms with E-state index in [1.807, 2.05) is 20.8 Å². The van der Waals surface area contributed by atoms with Gasteiger partial charge in [0.15, 0.2) is 0 Å². The summed E-state index contributed by atoms with van der Waals surface area (Å²) in [4.78, 5) is 5.27. The first kappa shape index (κ1) is 14.7. The molecule has 1 aromatic rings. The Morgan fingerprint density at radius 2 is 1.88 bits per heavy atom. The number of hydrogen-bond acceptors (Lipinski definition) is 2. The molecule has 1 N–H and O–H groups in total. The zero-order chi connectivity index (χ0) is 13.0. The average molecular weight is 280 g/mol. The second-order valence-electron chi connectivity index (χ2n) is 4.33. The summed E-state index contributed by atoms with van der Waals surface area (Å²) in [7, 11) is 0. The van der Waals surface area contributed by atoms with E-state index in [9.17, 15) is 4.39 Å². The first-order valence-corrected chi connectivity index (χ1v) is 6.19. The third-order valence-corrected chi connectivity index (χ3v) is 2.80. The van der Waals surface area contributed by atoms with E-state index in [0.717, 1.165) is 0 Å². The first-order valence-electron chi connectivity index (χ1n) is 5.43. The largest absolute Gasteiger partial charge is 0.301 e. The van der Waals surface area contributed by atoms with Gasteiger partial charge in [0.2, 0.25) is 0 Å². The highest BCUT2D eigenvalue weighted by atomic mass is 35.5. The Morgan fingerprint density at radius 3 is 2.47 bits per heavy atom. The first-order chi connectivity index (χ1) is 7.91. The van der Waals surface area contributed by atoms with Crippen molar-refractivity contribution < 1.29 is 9.23 Å². The van der Waals surface area contributed by atoms with Crippen LogP contribution in [0.1, 0.15) is 32.4 Å². The van der Waals surface area contributed by atoms with Crippen molar-refractivity contribution in [3.05, 3.63) is 33.6 Å². The Balaban J connectivity index is 2.68. The number of rotatable bonds is 5. The number of nitrogens with one attached hydrogen (secondary N) is 1. The van der Waals surface area contributed by atoms with Gasteiger partial charge in [0.05, 0.1) is 17.7 Å². The molecule has 1 unspecified atom stereocenters. The quantitative estimate of drug-likeness (QED) is 0.638. The summed E-state index contributed by atoms with van der Waals surface area (Å²) in [5.41, 5.74) is 3.45. The molecule has 0 bridgehead atoms. The van der Waals surface area contributed by atoms with Crippen LogP contribution in [0.3, 0.4) is 0 Å². The fraction of sp³-hybridized carbons (Fsp3) is 0.500. The van der Waals surface area contributed by atoms with Crippen LogP contribution in [-0.4, -0.2) is 6.61 Å². The molecule has 1 aromatic carbocycles. The zero-order valence-corrected chi connectivity index (χ0v) is 11.6. The van der Waals surface area contributed by atoms with E-state index in [2.05, 4.69) is 5.48 Å². The van der Waals surface area contributed by atoms with Crippen molar-refractivity contribution in [1.82, 2.24) is 5.48 Å². The summed E-state index contributed by atoms with van der Waals surface area (Å²) in [6.45, 7) is 6.51. The predicted octanol–water partition coefficient (Wildman–Crippen LogP) is 4.37. The van der Waals surface area contributed by atoms with Gasteiger partial charge >= 0.3 is 0 Å². The summed E-state index contributed by atoms with van der Waals surface area (Å²) >= 11 is 11.6. The van der Waals surface area contributed by atoms with Gasteiger partial charge in [-0.1, -0.05) is 37.0 Å². The Hall–Kier alpha value is -0.350. The van der Waals surface area contributed by atoms with Gasteiger partial charge in [0.25, 0.3) is 0 Å². The maximum atomic E-state index is 13.3. The van der Waals surface area contributed by atoms with Crippen LogP contribution >= 0.6 is 23.2 Å². The lowest BCUT2D eigenvalue weighted by atomic mass is 10.1. The molecule has 0 aliphatic rings. The number of hydrogen-bond donors (Lipinski definition) is 1. The number of halogens is 3. The molecule has 1 rings (SSSR count). The Bertz CT molecular complexity index is 385. The van der Waals surface area contributed by atoms with Crippen LogP contribution in [0, 0.1) is 11.7 Å². The van der Waals surface area contributed by atoms with Crippen LogP contribution in [0.4, 0.5) is 4.39 Å². The molecule has 0 amide bonds. The molecule has 0 radical (unpaired) electrons. The highest BCUT2D eigenvalue weighted by molar-refractivity contribution is 6.35. The van der Waals surface area contributed by atoms with Crippen LogP contribution < -0.4 is 5.48 Å². The molecule has 0 aromatic heterocycles. The minimum absolute atomic E-state index is 0.0223. The Labute approximate surface area is 111 Å². The van der Waals surface area contributed by atoms with Gasteiger partial charge in [-0.05, 0) is 30.5 Å². The number of hydroxylamine groups is 1. The predicted molar refractivity (Wildman–Crippen MR) is 68.8 cm³/mol. The molecule has 0 fully saturated rings. The summed E-state index contributed by atoms with van der Waals surface area (Å²) in [5.74, 6) is -0.0595. The molecule has 0 heterocycles. The standard InChI is InChI=1S/C12H16Cl2FNO/c1-7(2)6-17-16-8(3)9-4-12(15)11(14)5-10(9)13/h4-5,7-8,16H,6H2,1-3H3. The fourth-order valence-electron chi connectivity index (χ4n) is 1.27. The van der Waals surface area contributed by atoms with Crippen molar-refractivity contribution in [1.29, 1.82) is 0 Å². The van der Waals surface area contributed by atoms with Crippen molar-refractivity contribution in [2.24, 2.45) is 5.92 Å². The summed E-state index contributed by atoms with van der Waals surface area (Å²) in [6, 6.07) is 2.52. The van der Waals surface area contributed by atoms with Gasteiger partial charge in [0, 0.05) is 5.02 Å². The van der Waals surface area contributed by atoms with E-state index in [1.54, 1.807) is 0 Å². The van der Waals surface area contributed by atoms with E-state index in [4.69, 9.17) is 28.0 Å². The van der Waals surface area contributed by atoms with Crippen molar-refractivity contribution in [3.8, 4) is 0 Å². The van der Waals surface area contributed by atoms with Gasteiger partial charge in [-0.3, -0.25) is 0 Å². The van der Waals surface area contributed by atoms with E-state index in [1.165, 1.54) is 12.1 Å². The van der Waals surface area contributed by atoms with Crippen LogP contribution in [0.5, 0.6) is 0 Å². The van der Waals surface area contributed by atoms with Gasteiger partial charge in [-0.2, -0.15) is 5.48 Å². The van der Waals surface area contributed by atoms with Crippen LogP contribution in [-0.2, 0) is 4.84 Å². The van der Waals surface area contributed by atoms with Gasteiger partial charge in [-0.25, -0.2) is 4.39 Å². The maximum absolute atomic E-state index is 13.3. The molecular formula is C12H16Cl2FNO. The second kappa shape index (κ2) is 6.55. The average Bonchev–Trinajstić information content (AvgIpc) is 2.22. The molecule has 0 aliphatic carbocycles. The van der Waals surface area contributed by atoms with E-state index < -0.39 is 5.82 Å². The summed E-state index contributed by atoms with van der Waals surface area (Å²) < 4.78 is 13.3. The maximum Gasteiger partial charge on any atom is 0.142 e. The van der Waals surface area contributed by atoms with Gasteiger partial charge < -0.3 is 4.84 Å². The Morgan fingerprint density at radius 1 is 1.24 bits per heavy atom.